The molecule has 2 aromatic rings. The third-order valence-corrected chi connectivity index (χ3v) is 5.74. The molecule has 1 aliphatic heterocycles. The van der Waals surface area contributed by atoms with E-state index >= 15 is 0 Å². The third kappa shape index (κ3) is 6.26. The number of halogens is 1. The second kappa shape index (κ2) is 11.9. The Morgan fingerprint density at radius 1 is 1.09 bits per heavy atom. The monoisotopic (exact) mass is 444 g/mol. The molecule has 1 aliphatic rings. The van der Waals surface area contributed by atoms with E-state index in [1.54, 1.807) is 11.0 Å². The SMILES string of the molecule is O=NC[C@H]1[C@@H](O)C(=O)[C@@H](O)CN1CCCCCOCc1ccc(-c2ccccc2)c(F)c1. The van der Waals surface area contributed by atoms with Crippen LogP contribution < -0.4 is 0 Å². The fraction of sp³-hybridized carbons (Fsp3) is 0.458. The van der Waals surface area contributed by atoms with Crippen molar-refractivity contribution in [3.05, 3.63) is 64.8 Å². The number of carbonyl (C=O) groups is 1. The van der Waals surface area contributed by atoms with E-state index in [1.165, 1.54) is 6.07 Å². The number of likely N-dealkylation sites (tertiary alicyclic amines) is 1. The van der Waals surface area contributed by atoms with Gasteiger partial charge in [0, 0.05) is 18.7 Å². The van der Waals surface area contributed by atoms with Crippen molar-refractivity contribution in [2.24, 2.45) is 5.18 Å². The molecule has 1 heterocycles. The molecule has 2 N–H and O–H groups in total. The topological polar surface area (TPSA) is 99.4 Å². The number of ketones is 1. The maximum Gasteiger partial charge on any atom is 0.192 e. The van der Waals surface area contributed by atoms with Gasteiger partial charge in [-0.05, 0) is 43.0 Å². The average Bonchev–Trinajstić information content (AvgIpc) is 2.80. The summed E-state index contributed by atoms with van der Waals surface area (Å²) in [4.78, 5) is 24.1. The van der Waals surface area contributed by atoms with Crippen LogP contribution in [0.3, 0.4) is 0 Å². The molecule has 1 fully saturated rings. The Morgan fingerprint density at radius 3 is 2.59 bits per heavy atom. The Balaban J connectivity index is 1.37. The van der Waals surface area contributed by atoms with Crippen molar-refractivity contribution in [1.82, 2.24) is 4.90 Å². The van der Waals surface area contributed by atoms with Crippen LogP contribution in [0.15, 0.2) is 53.7 Å². The van der Waals surface area contributed by atoms with Gasteiger partial charge in [0.25, 0.3) is 0 Å². The Morgan fingerprint density at radius 2 is 1.88 bits per heavy atom. The van der Waals surface area contributed by atoms with Crippen LogP contribution in [0.2, 0.25) is 0 Å². The van der Waals surface area contributed by atoms with E-state index in [-0.39, 0.29) is 18.9 Å². The number of Topliss-reactive ketones (excluding diaryl/α,β-unsaturated/α-hetero) is 1. The zero-order valence-corrected chi connectivity index (χ0v) is 17.9. The molecule has 7 nitrogen and oxygen atoms in total. The molecular formula is C24H29FN2O5. The van der Waals surface area contributed by atoms with Crippen molar-refractivity contribution >= 4 is 5.78 Å². The molecule has 0 spiro atoms. The van der Waals surface area contributed by atoms with E-state index in [2.05, 4.69) is 5.18 Å². The van der Waals surface area contributed by atoms with Crippen LogP contribution in [-0.4, -0.2) is 65.4 Å². The summed E-state index contributed by atoms with van der Waals surface area (Å²) < 4.78 is 20.1. The molecule has 2 aromatic carbocycles. The first-order valence-electron chi connectivity index (χ1n) is 10.9. The molecule has 0 saturated carbocycles. The van der Waals surface area contributed by atoms with Crippen molar-refractivity contribution in [1.29, 1.82) is 0 Å². The first kappa shape index (κ1) is 24.1. The lowest BCUT2D eigenvalue weighted by Crippen LogP contribution is -2.60. The van der Waals surface area contributed by atoms with Crippen molar-refractivity contribution in [3.8, 4) is 11.1 Å². The molecule has 0 unspecified atom stereocenters. The molecular weight excluding hydrogens is 415 g/mol. The van der Waals surface area contributed by atoms with Gasteiger partial charge in [-0.2, -0.15) is 4.91 Å². The molecule has 172 valence electrons. The van der Waals surface area contributed by atoms with Crippen molar-refractivity contribution in [2.75, 3.05) is 26.2 Å². The molecule has 0 bridgehead atoms. The highest BCUT2D eigenvalue weighted by molar-refractivity contribution is 5.88. The van der Waals surface area contributed by atoms with Gasteiger partial charge >= 0.3 is 0 Å². The lowest BCUT2D eigenvalue weighted by molar-refractivity contribution is -0.147. The highest BCUT2D eigenvalue weighted by atomic mass is 19.1. The molecule has 1 saturated heterocycles. The number of hydrogen-bond acceptors (Lipinski definition) is 7. The normalized spacial score (nSPS) is 21.6. The lowest BCUT2D eigenvalue weighted by Gasteiger charge is -2.38. The van der Waals surface area contributed by atoms with Crippen molar-refractivity contribution < 1.29 is 24.1 Å². The summed E-state index contributed by atoms with van der Waals surface area (Å²) in [6, 6.07) is 13.8. The van der Waals surface area contributed by atoms with Crippen molar-refractivity contribution in [2.45, 2.75) is 44.1 Å². The van der Waals surface area contributed by atoms with Gasteiger partial charge in [0.2, 0.25) is 0 Å². The summed E-state index contributed by atoms with van der Waals surface area (Å²) >= 11 is 0. The first-order chi connectivity index (χ1) is 15.5. The molecule has 32 heavy (non-hydrogen) atoms. The zero-order valence-electron chi connectivity index (χ0n) is 17.9. The Bertz CT molecular complexity index is 895. The smallest absolute Gasteiger partial charge is 0.192 e. The molecule has 0 aromatic heterocycles. The van der Waals surface area contributed by atoms with Gasteiger partial charge in [-0.3, -0.25) is 9.69 Å². The Kier molecular flexibility index (Phi) is 8.99. The Hall–Kier alpha value is -2.52. The number of carbonyl (C=O) groups excluding carboxylic acids is 1. The minimum absolute atomic E-state index is 0.0944. The van der Waals surface area contributed by atoms with Crippen LogP contribution in [0.4, 0.5) is 4.39 Å². The Labute approximate surface area is 186 Å². The van der Waals surface area contributed by atoms with Crippen LogP contribution in [0.25, 0.3) is 11.1 Å². The summed E-state index contributed by atoms with van der Waals surface area (Å²) in [6.45, 7) is 1.28. The zero-order chi connectivity index (χ0) is 22.9. The van der Waals surface area contributed by atoms with Crippen LogP contribution in [0.5, 0.6) is 0 Å². The van der Waals surface area contributed by atoms with E-state index in [0.717, 1.165) is 30.4 Å². The average molecular weight is 445 g/mol. The van der Waals surface area contributed by atoms with Gasteiger partial charge in [0.1, 0.15) is 18.0 Å². The lowest BCUT2D eigenvalue weighted by atomic mass is 9.95. The number of unbranched alkanes of at least 4 members (excludes halogenated alkanes) is 2. The van der Waals surface area contributed by atoms with Gasteiger partial charge in [0.15, 0.2) is 5.78 Å². The molecule has 8 heteroatoms. The molecule has 0 radical (unpaired) electrons. The summed E-state index contributed by atoms with van der Waals surface area (Å²) in [5.41, 5.74) is 2.17. The number of nitrogens with zero attached hydrogens (tertiary/aromatic N) is 2. The number of piperidine rings is 1. The highest BCUT2D eigenvalue weighted by Crippen LogP contribution is 2.23. The minimum Gasteiger partial charge on any atom is -0.384 e. The van der Waals surface area contributed by atoms with E-state index < -0.39 is 24.0 Å². The maximum absolute atomic E-state index is 14.4. The van der Waals surface area contributed by atoms with Gasteiger partial charge < -0.3 is 14.9 Å². The second-order valence-corrected chi connectivity index (χ2v) is 8.03. The standard InChI is InChI=1S/C24H29FN2O5/c25-20-13-17(9-10-19(20)18-7-3-1-4-8-18)16-32-12-6-2-5-11-27-15-22(28)24(30)23(29)21(27)14-26-31/h1,3-4,7-10,13,21-23,28-29H,2,5-6,11-12,14-16H2/t21-,22-,23+/m0/s1. The number of nitroso groups, excluding NO2 is 1. The van der Waals surface area contributed by atoms with Gasteiger partial charge in [-0.1, -0.05) is 47.6 Å². The van der Waals surface area contributed by atoms with Gasteiger partial charge in [-0.25, -0.2) is 4.39 Å². The molecule has 0 aliphatic carbocycles. The largest absolute Gasteiger partial charge is 0.384 e. The number of β-amino-alcohol motifs (C(OH)–C–C–N with tert-alkyl or cyclic N) is 1. The third-order valence-electron chi connectivity index (χ3n) is 5.74. The fourth-order valence-corrected chi connectivity index (χ4v) is 3.97. The molecule has 3 atom stereocenters. The molecule has 0 amide bonds. The number of aliphatic hydroxyl groups excluding tert-OH is 2. The quantitative estimate of drug-likeness (QED) is 0.408. The minimum atomic E-state index is -1.39. The van der Waals surface area contributed by atoms with Gasteiger partial charge in [0.05, 0.1) is 19.2 Å². The van der Waals surface area contributed by atoms with Crippen LogP contribution >= 0.6 is 0 Å². The number of ether oxygens (including phenoxy) is 1. The van der Waals surface area contributed by atoms with Crippen LogP contribution in [-0.2, 0) is 16.1 Å². The van der Waals surface area contributed by atoms with E-state index in [0.29, 0.717) is 25.3 Å². The van der Waals surface area contributed by atoms with Crippen LogP contribution in [0, 0.1) is 10.7 Å². The predicted molar refractivity (Wildman–Crippen MR) is 118 cm³/mol. The second-order valence-electron chi connectivity index (χ2n) is 8.03. The van der Waals surface area contributed by atoms with Crippen LogP contribution in [0.1, 0.15) is 24.8 Å². The van der Waals surface area contributed by atoms with E-state index in [4.69, 9.17) is 4.74 Å². The number of rotatable bonds is 11. The van der Waals surface area contributed by atoms with E-state index in [9.17, 15) is 24.3 Å². The molecule has 3 rings (SSSR count). The number of benzene rings is 2. The summed E-state index contributed by atoms with van der Waals surface area (Å²) in [6.07, 6.45) is -0.260. The highest BCUT2D eigenvalue weighted by Gasteiger charge is 2.40. The number of hydrogen-bond donors (Lipinski definition) is 2. The predicted octanol–water partition coefficient (Wildman–Crippen LogP) is 2.92. The maximum atomic E-state index is 14.4. The number of aliphatic hydroxyl groups is 2. The summed E-state index contributed by atoms with van der Waals surface area (Å²) in [7, 11) is 0. The summed E-state index contributed by atoms with van der Waals surface area (Å²) in [5, 5.41) is 22.6. The summed E-state index contributed by atoms with van der Waals surface area (Å²) in [5.74, 6) is -0.933. The van der Waals surface area contributed by atoms with Crippen molar-refractivity contribution in [3.63, 3.8) is 0 Å². The van der Waals surface area contributed by atoms with E-state index in [1.807, 2.05) is 36.4 Å². The fourth-order valence-electron chi connectivity index (χ4n) is 3.97. The first-order valence-corrected chi connectivity index (χ1v) is 10.9. The van der Waals surface area contributed by atoms with Gasteiger partial charge in [-0.15, -0.1) is 0 Å².